The molecule has 0 spiro atoms. The molecule has 2 heterocycles. The van der Waals surface area contributed by atoms with Crippen LogP contribution in [0.3, 0.4) is 0 Å². The van der Waals surface area contributed by atoms with Gasteiger partial charge in [0, 0.05) is 44.6 Å². The molecule has 0 aliphatic rings. The molecule has 9 nitrogen and oxygen atoms in total. The van der Waals surface area contributed by atoms with Crippen molar-refractivity contribution in [3.63, 3.8) is 0 Å². The van der Waals surface area contributed by atoms with E-state index in [1.54, 1.807) is 34.5 Å². The lowest BCUT2D eigenvalue weighted by Gasteiger charge is -2.12. The third-order valence-electron chi connectivity index (χ3n) is 4.32. The molecule has 0 unspecified atom stereocenters. The predicted octanol–water partition coefficient (Wildman–Crippen LogP) is 2.32. The molecule has 3 aromatic rings. The van der Waals surface area contributed by atoms with Crippen molar-refractivity contribution >= 4 is 16.7 Å². The summed E-state index contributed by atoms with van der Waals surface area (Å²) in [6.07, 6.45) is 3.22. The number of fused-ring (bicyclic) bond motifs is 1. The molecule has 2 N–H and O–H groups in total. The van der Waals surface area contributed by atoms with Crippen LogP contribution in [0.2, 0.25) is 0 Å². The maximum atomic E-state index is 12.7. The fourth-order valence-electron chi connectivity index (χ4n) is 2.87. The minimum Gasteiger partial charge on any atom is -0.505 e. The minimum absolute atomic E-state index is 0.154. The molecular weight excluding hydrogens is 392 g/mol. The zero-order valence-corrected chi connectivity index (χ0v) is 17.2. The molecule has 9 heteroatoms. The zero-order valence-electron chi connectivity index (χ0n) is 17.2. The molecule has 0 radical (unpaired) electrons. The third kappa shape index (κ3) is 4.87. The van der Waals surface area contributed by atoms with Crippen molar-refractivity contribution in [2.75, 3.05) is 28.4 Å². The highest BCUT2D eigenvalue weighted by Gasteiger charge is 2.16. The molecule has 160 valence electrons. The maximum Gasteiger partial charge on any atom is 0.358 e. The van der Waals surface area contributed by atoms with Gasteiger partial charge in [-0.3, -0.25) is 4.79 Å². The molecule has 0 bridgehead atoms. The topological polar surface area (TPSA) is 120 Å². The molecule has 30 heavy (non-hydrogen) atoms. The average molecular weight is 416 g/mol. The number of carboxylic acids is 1. The van der Waals surface area contributed by atoms with Crippen molar-refractivity contribution in [1.82, 2.24) is 9.55 Å². The van der Waals surface area contributed by atoms with Crippen molar-refractivity contribution < 1.29 is 29.2 Å². The Morgan fingerprint density at radius 2 is 1.80 bits per heavy atom. The summed E-state index contributed by atoms with van der Waals surface area (Å²) in [6.45, 7) is 0.374. The molecule has 0 fully saturated rings. The van der Waals surface area contributed by atoms with Crippen molar-refractivity contribution in [3.05, 3.63) is 58.3 Å². The van der Waals surface area contributed by atoms with Gasteiger partial charge in [0.2, 0.25) is 0 Å². The standard InChI is InChI=1S/C19H18N2O6.C2H6O/c1-26-12-4-3-11(15(9-12)27-2)5-7-21-8-6-13-14(18(21)23)10-20-16(17(13)22)19(24)25;1-3-2/h3-4,6,8-10,22H,5,7H2,1-2H3,(H,24,25);1-2H3. The van der Waals surface area contributed by atoms with Crippen LogP contribution in [0.25, 0.3) is 10.8 Å². The molecule has 0 amide bonds. The number of carbonyl (C=O) groups is 1. The smallest absolute Gasteiger partial charge is 0.358 e. The third-order valence-corrected chi connectivity index (χ3v) is 4.32. The molecule has 3 rings (SSSR count). The van der Waals surface area contributed by atoms with E-state index in [0.29, 0.717) is 24.5 Å². The largest absolute Gasteiger partial charge is 0.505 e. The van der Waals surface area contributed by atoms with Gasteiger partial charge in [-0.25, -0.2) is 9.78 Å². The normalized spacial score (nSPS) is 10.3. The molecule has 0 aliphatic carbocycles. The lowest BCUT2D eigenvalue weighted by Crippen LogP contribution is -2.21. The second-order valence-corrected chi connectivity index (χ2v) is 6.24. The number of ether oxygens (including phenoxy) is 3. The van der Waals surface area contributed by atoms with Gasteiger partial charge in [-0.05, 0) is 24.1 Å². The first-order valence-electron chi connectivity index (χ1n) is 8.93. The molecular formula is C21H24N2O7. The summed E-state index contributed by atoms with van der Waals surface area (Å²) in [5.74, 6) is -0.533. The Kier molecular flexibility index (Phi) is 7.76. The van der Waals surface area contributed by atoms with Crippen molar-refractivity contribution in [1.29, 1.82) is 0 Å². The van der Waals surface area contributed by atoms with Crippen LogP contribution in [0, 0.1) is 0 Å². The first-order chi connectivity index (χ1) is 14.4. The van der Waals surface area contributed by atoms with E-state index in [1.165, 1.54) is 23.0 Å². The lowest BCUT2D eigenvalue weighted by atomic mass is 10.1. The van der Waals surface area contributed by atoms with Crippen LogP contribution < -0.4 is 15.0 Å². The van der Waals surface area contributed by atoms with Crippen LogP contribution in [0.1, 0.15) is 16.1 Å². The SMILES string of the molecule is COC.COc1ccc(CCn2ccc3c(O)c(C(=O)O)ncc3c2=O)c(OC)c1. The molecule has 2 aromatic heterocycles. The van der Waals surface area contributed by atoms with E-state index in [1.807, 2.05) is 12.1 Å². The van der Waals surface area contributed by atoms with Gasteiger partial charge in [0.05, 0.1) is 19.6 Å². The molecule has 1 aromatic carbocycles. The quantitative estimate of drug-likeness (QED) is 0.628. The van der Waals surface area contributed by atoms with E-state index < -0.39 is 17.4 Å². The fourth-order valence-corrected chi connectivity index (χ4v) is 2.87. The number of aromatic hydroxyl groups is 1. The highest BCUT2D eigenvalue weighted by molar-refractivity contribution is 5.97. The number of benzene rings is 1. The second-order valence-electron chi connectivity index (χ2n) is 6.24. The number of pyridine rings is 2. The predicted molar refractivity (Wildman–Crippen MR) is 111 cm³/mol. The number of rotatable bonds is 6. The summed E-state index contributed by atoms with van der Waals surface area (Å²) in [6, 6.07) is 6.96. The number of hydrogen-bond donors (Lipinski definition) is 2. The van der Waals surface area contributed by atoms with Gasteiger partial charge in [-0.1, -0.05) is 6.07 Å². The van der Waals surface area contributed by atoms with Crippen LogP contribution in [-0.2, 0) is 17.7 Å². The molecule has 0 aliphatic heterocycles. The van der Waals surface area contributed by atoms with Crippen LogP contribution in [0.15, 0.2) is 41.5 Å². The van der Waals surface area contributed by atoms with Crippen LogP contribution >= 0.6 is 0 Å². The Morgan fingerprint density at radius 1 is 1.10 bits per heavy atom. The van der Waals surface area contributed by atoms with Crippen LogP contribution in [-0.4, -0.2) is 54.2 Å². The highest BCUT2D eigenvalue weighted by Crippen LogP contribution is 2.26. The number of methoxy groups -OCH3 is 3. The number of hydrogen-bond acceptors (Lipinski definition) is 7. The number of nitrogens with zero attached hydrogens (tertiary/aromatic N) is 2. The zero-order chi connectivity index (χ0) is 22.3. The number of aryl methyl sites for hydroxylation is 2. The van der Waals surface area contributed by atoms with Crippen LogP contribution in [0.5, 0.6) is 17.2 Å². The van der Waals surface area contributed by atoms with Gasteiger partial charge in [-0.2, -0.15) is 0 Å². The molecule has 0 saturated heterocycles. The monoisotopic (exact) mass is 416 g/mol. The van der Waals surface area contributed by atoms with Gasteiger partial charge in [-0.15, -0.1) is 0 Å². The summed E-state index contributed by atoms with van der Waals surface area (Å²) in [7, 11) is 6.39. The van der Waals surface area contributed by atoms with E-state index in [4.69, 9.17) is 14.6 Å². The van der Waals surface area contributed by atoms with E-state index >= 15 is 0 Å². The minimum atomic E-state index is -1.36. The van der Waals surface area contributed by atoms with Crippen molar-refractivity contribution in [2.24, 2.45) is 0 Å². The Balaban J connectivity index is 0.00000101. The molecule has 0 atom stereocenters. The van der Waals surface area contributed by atoms with Gasteiger partial charge in [0.15, 0.2) is 11.4 Å². The Bertz CT molecular complexity index is 1090. The van der Waals surface area contributed by atoms with Gasteiger partial charge >= 0.3 is 5.97 Å². The fraction of sp³-hybridized carbons (Fsp3) is 0.286. The highest BCUT2D eigenvalue weighted by atomic mass is 16.5. The van der Waals surface area contributed by atoms with Gasteiger partial charge < -0.3 is 29.0 Å². The number of carboxylic acid groups (broad SMARTS) is 1. The van der Waals surface area contributed by atoms with Crippen LogP contribution in [0.4, 0.5) is 0 Å². The molecule has 0 saturated carbocycles. The van der Waals surface area contributed by atoms with E-state index in [2.05, 4.69) is 9.72 Å². The Morgan fingerprint density at radius 3 is 2.40 bits per heavy atom. The summed E-state index contributed by atoms with van der Waals surface area (Å²) < 4.78 is 16.3. The van der Waals surface area contributed by atoms with E-state index in [0.717, 1.165) is 5.56 Å². The summed E-state index contributed by atoms with van der Waals surface area (Å²) in [5, 5.41) is 19.4. The number of aromatic carboxylic acids is 1. The van der Waals surface area contributed by atoms with Gasteiger partial charge in [0.1, 0.15) is 11.5 Å². The maximum absolute atomic E-state index is 12.7. The van der Waals surface area contributed by atoms with E-state index in [-0.39, 0.29) is 16.3 Å². The van der Waals surface area contributed by atoms with Crippen molar-refractivity contribution in [3.8, 4) is 17.2 Å². The summed E-state index contributed by atoms with van der Waals surface area (Å²) in [4.78, 5) is 27.4. The van der Waals surface area contributed by atoms with E-state index in [9.17, 15) is 14.7 Å². The lowest BCUT2D eigenvalue weighted by molar-refractivity contribution is 0.0687. The first kappa shape index (κ1) is 22.7. The van der Waals surface area contributed by atoms with Gasteiger partial charge in [0.25, 0.3) is 5.56 Å². The Labute approximate surface area is 173 Å². The second kappa shape index (κ2) is 10.3. The summed E-state index contributed by atoms with van der Waals surface area (Å²) in [5.41, 5.74) is 0.0647. The summed E-state index contributed by atoms with van der Waals surface area (Å²) >= 11 is 0. The Hall–Kier alpha value is -3.59. The number of aromatic nitrogens is 2. The van der Waals surface area contributed by atoms with Crippen molar-refractivity contribution in [2.45, 2.75) is 13.0 Å². The first-order valence-corrected chi connectivity index (χ1v) is 8.93. The average Bonchev–Trinajstić information content (AvgIpc) is 2.74.